The molecule has 2 saturated carbocycles. The molecule has 0 spiro atoms. The summed E-state index contributed by atoms with van der Waals surface area (Å²) in [7, 11) is 0. The summed E-state index contributed by atoms with van der Waals surface area (Å²) in [6.07, 6.45) is 7.07. The molecule has 2 fully saturated rings. The Balaban J connectivity index is 1.60. The van der Waals surface area contributed by atoms with Crippen molar-refractivity contribution < 1.29 is 0 Å². The van der Waals surface area contributed by atoms with Gasteiger partial charge in [0.05, 0.1) is 16.6 Å². The fraction of sp³-hybridized carbons (Fsp3) is 0.481. The van der Waals surface area contributed by atoms with Gasteiger partial charge in [0.15, 0.2) is 0 Å². The minimum absolute atomic E-state index is 0.0553. The normalized spacial score (nSPS) is 27.8. The Hall–Kier alpha value is -2.42. The number of benzene rings is 2. The number of nitrogens with zero attached hydrogens (tertiary/aromatic N) is 3. The minimum atomic E-state index is -0.0553. The summed E-state index contributed by atoms with van der Waals surface area (Å²) in [6, 6.07) is 13.5. The SMILES string of the molecule is CC(C)(C)c1nc2ccccc2c2nc3cc4c(cc3n12)C1CC2CC(CC4C2)C1. The van der Waals surface area contributed by atoms with Gasteiger partial charge in [0.25, 0.3) is 0 Å². The third-order valence-corrected chi connectivity index (χ3v) is 8.13. The molecule has 0 N–H and O–H groups in total. The molecule has 3 nitrogen and oxygen atoms in total. The lowest BCUT2D eigenvalue weighted by Crippen LogP contribution is -2.25. The zero-order valence-corrected chi connectivity index (χ0v) is 18.2. The minimum Gasteiger partial charge on any atom is -0.279 e. The first-order valence-corrected chi connectivity index (χ1v) is 11.7. The van der Waals surface area contributed by atoms with Gasteiger partial charge in [-0.1, -0.05) is 32.9 Å². The molecule has 0 radical (unpaired) electrons. The Labute approximate surface area is 177 Å². The summed E-state index contributed by atoms with van der Waals surface area (Å²) < 4.78 is 2.37. The van der Waals surface area contributed by atoms with E-state index in [0.29, 0.717) is 0 Å². The highest BCUT2D eigenvalue weighted by Crippen LogP contribution is 2.56. The molecule has 152 valence electrons. The van der Waals surface area contributed by atoms with Gasteiger partial charge >= 0.3 is 0 Å². The topological polar surface area (TPSA) is 30.2 Å². The first-order valence-electron chi connectivity index (χ1n) is 11.7. The molecule has 2 unspecified atom stereocenters. The maximum atomic E-state index is 5.22. The molecule has 8 rings (SSSR count). The average molecular weight is 396 g/mol. The molecule has 4 aromatic rings. The van der Waals surface area contributed by atoms with E-state index >= 15 is 0 Å². The van der Waals surface area contributed by atoms with Crippen LogP contribution in [-0.4, -0.2) is 14.4 Å². The van der Waals surface area contributed by atoms with Crippen LogP contribution >= 0.6 is 0 Å². The van der Waals surface area contributed by atoms with Crippen molar-refractivity contribution in [2.24, 2.45) is 11.8 Å². The van der Waals surface area contributed by atoms with Crippen LogP contribution in [0.2, 0.25) is 0 Å². The quantitative estimate of drug-likeness (QED) is 0.331. The molecule has 4 aliphatic rings. The zero-order chi connectivity index (χ0) is 20.2. The Bertz CT molecular complexity index is 1330. The number of hydrogen-bond acceptors (Lipinski definition) is 2. The van der Waals surface area contributed by atoms with Gasteiger partial charge in [-0.05, 0) is 91.2 Å². The van der Waals surface area contributed by atoms with Crippen LogP contribution in [0.15, 0.2) is 36.4 Å². The third kappa shape index (κ3) is 2.27. The molecule has 0 aliphatic heterocycles. The number of rotatable bonds is 0. The zero-order valence-electron chi connectivity index (χ0n) is 18.2. The fourth-order valence-electron chi connectivity index (χ4n) is 7.04. The third-order valence-electron chi connectivity index (χ3n) is 8.13. The number of fused-ring (bicyclic) bond motifs is 5. The van der Waals surface area contributed by atoms with Gasteiger partial charge in [0.2, 0.25) is 0 Å². The van der Waals surface area contributed by atoms with Crippen LogP contribution in [0.4, 0.5) is 0 Å². The molecule has 2 aromatic heterocycles. The summed E-state index contributed by atoms with van der Waals surface area (Å²) in [5, 5.41) is 1.15. The van der Waals surface area contributed by atoms with Crippen molar-refractivity contribution in [1.82, 2.24) is 14.4 Å². The summed E-state index contributed by atoms with van der Waals surface area (Å²) in [5.74, 6) is 4.50. The van der Waals surface area contributed by atoms with E-state index in [1.807, 2.05) is 0 Å². The molecule has 2 heterocycles. The van der Waals surface area contributed by atoms with Crippen LogP contribution in [0.5, 0.6) is 0 Å². The van der Waals surface area contributed by atoms with E-state index in [1.165, 1.54) is 37.6 Å². The van der Waals surface area contributed by atoms with Crippen LogP contribution in [0.25, 0.3) is 27.6 Å². The van der Waals surface area contributed by atoms with Gasteiger partial charge in [-0.25, -0.2) is 9.97 Å². The maximum Gasteiger partial charge on any atom is 0.148 e. The highest BCUT2D eigenvalue weighted by molar-refractivity contribution is 5.97. The van der Waals surface area contributed by atoms with E-state index in [-0.39, 0.29) is 5.41 Å². The van der Waals surface area contributed by atoms with Crippen LogP contribution in [-0.2, 0) is 5.41 Å². The van der Waals surface area contributed by atoms with Gasteiger partial charge in [-0.15, -0.1) is 0 Å². The maximum absolute atomic E-state index is 5.22. The molecule has 2 atom stereocenters. The summed E-state index contributed by atoms with van der Waals surface area (Å²) in [5.41, 5.74) is 7.71. The van der Waals surface area contributed by atoms with Crippen LogP contribution in [0, 0.1) is 11.8 Å². The molecule has 3 heteroatoms. The van der Waals surface area contributed by atoms with Crippen molar-refractivity contribution in [2.75, 3.05) is 0 Å². The predicted molar refractivity (Wildman–Crippen MR) is 122 cm³/mol. The standard InChI is InChI=1S/C27H29N3/c1-27(2,3)26-29-22-7-5-4-6-19(22)25-28-23-13-20-17-9-15-8-16(10-17)12-18(11-15)21(20)14-24(23)30(25)26/h4-7,13-18H,8-12H2,1-3H3. The van der Waals surface area contributed by atoms with Gasteiger partial charge in [-0.2, -0.15) is 0 Å². The summed E-state index contributed by atoms with van der Waals surface area (Å²) in [6.45, 7) is 6.79. The molecular formula is C27H29N3. The van der Waals surface area contributed by atoms with Gasteiger partial charge in [0, 0.05) is 10.8 Å². The molecule has 30 heavy (non-hydrogen) atoms. The second-order valence-corrected chi connectivity index (χ2v) is 11.2. The predicted octanol–water partition coefficient (Wildman–Crippen LogP) is 6.72. The van der Waals surface area contributed by atoms with E-state index in [9.17, 15) is 0 Å². The van der Waals surface area contributed by atoms with Crippen molar-refractivity contribution >= 4 is 27.6 Å². The van der Waals surface area contributed by atoms with Crippen molar-refractivity contribution in [1.29, 1.82) is 0 Å². The highest BCUT2D eigenvalue weighted by Gasteiger charge is 2.42. The van der Waals surface area contributed by atoms with E-state index < -0.39 is 0 Å². The van der Waals surface area contributed by atoms with Crippen LogP contribution in [0.1, 0.15) is 81.7 Å². The van der Waals surface area contributed by atoms with E-state index in [4.69, 9.17) is 9.97 Å². The average Bonchev–Trinajstić information content (AvgIpc) is 3.01. The molecule has 4 bridgehead atoms. The van der Waals surface area contributed by atoms with Crippen molar-refractivity contribution in [3.8, 4) is 0 Å². The Morgan fingerprint density at radius 2 is 1.47 bits per heavy atom. The fourth-order valence-corrected chi connectivity index (χ4v) is 7.04. The summed E-state index contributed by atoms with van der Waals surface area (Å²) >= 11 is 0. The Morgan fingerprint density at radius 3 is 2.17 bits per heavy atom. The number of aromatic nitrogens is 3. The van der Waals surface area contributed by atoms with E-state index in [2.05, 4.69) is 61.6 Å². The lowest BCUT2D eigenvalue weighted by Gasteiger charge is -2.38. The first-order chi connectivity index (χ1) is 14.5. The number of imidazole rings is 1. The smallest absolute Gasteiger partial charge is 0.148 e. The lowest BCUT2D eigenvalue weighted by molar-refractivity contribution is 0.166. The lowest BCUT2D eigenvalue weighted by atomic mass is 9.67. The Morgan fingerprint density at radius 1 is 0.800 bits per heavy atom. The molecule has 2 aromatic carbocycles. The molecule has 0 amide bonds. The molecule has 0 saturated heterocycles. The van der Waals surface area contributed by atoms with Crippen molar-refractivity contribution in [3.63, 3.8) is 0 Å². The van der Waals surface area contributed by atoms with Gasteiger partial charge < -0.3 is 0 Å². The number of hydrogen-bond donors (Lipinski definition) is 0. The monoisotopic (exact) mass is 395 g/mol. The molecular weight excluding hydrogens is 366 g/mol. The van der Waals surface area contributed by atoms with Crippen molar-refractivity contribution in [2.45, 2.75) is 70.1 Å². The van der Waals surface area contributed by atoms with Gasteiger partial charge in [0.1, 0.15) is 11.5 Å². The highest BCUT2D eigenvalue weighted by atomic mass is 15.1. The van der Waals surface area contributed by atoms with Gasteiger partial charge in [-0.3, -0.25) is 4.40 Å². The Kier molecular flexibility index (Phi) is 3.24. The summed E-state index contributed by atoms with van der Waals surface area (Å²) in [4.78, 5) is 10.4. The van der Waals surface area contributed by atoms with Crippen LogP contribution in [0.3, 0.4) is 0 Å². The second kappa shape index (κ2) is 5.63. The second-order valence-electron chi connectivity index (χ2n) is 11.2. The van der Waals surface area contributed by atoms with Crippen molar-refractivity contribution in [3.05, 3.63) is 53.3 Å². The largest absolute Gasteiger partial charge is 0.279 e. The van der Waals surface area contributed by atoms with E-state index in [0.717, 1.165) is 51.6 Å². The first kappa shape index (κ1) is 17.3. The van der Waals surface area contributed by atoms with Crippen LogP contribution < -0.4 is 0 Å². The molecule has 4 aliphatic carbocycles. The number of para-hydroxylation sites is 1. The van der Waals surface area contributed by atoms with E-state index in [1.54, 1.807) is 11.1 Å².